The van der Waals surface area contributed by atoms with Crippen LogP contribution in [0.1, 0.15) is 63.6 Å². The molecule has 2 heterocycles. The highest BCUT2D eigenvalue weighted by Crippen LogP contribution is 2.42. The Bertz CT molecular complexity index is 1770. The maximum Gasteiger partial charge on any atom is 0.294 e. The van der Waals surface area contributed by atoms with Crippen molar-refractivity contribution >= 4 is 43.0 Å². The van der Waals surface area contributed by atoms with Crippen LogP contribution in [0.2, 0.25) is 0 Å². The largest absolute Gasteiger partial charge is 0.294 e. The molecule has 2 aromatic rings. The summed E-state index contributed by atoms with van der Waals surface area (Å²) >= 11 is 0. The Morgan fingerprint density at radius 2 is 1.68 bits per heavy atom. The van der Waals surface area contributed by atoms with Gasteiger partial charge in [-0.05, 0) is 56.2 Å². The minimum absolute atomic E-state index is 0.191. The van der Waals surface area contributed by atoms with Gasteiger partial charge in [-0.25, -0.2) is 0 Å². The predicted octanol–water partition coefficient (Wildman–Crippen LogP) is 5.42. The van der Waals surface area contributed by atoms with Gasteiger partial charge in [-0.2, -0.15) is 26.7 Å². The molecule has 41 heavy (non-hydrogen) atoms. The summed E-state index contributed by atoms with van der Waals surface area (Å²) in [4.78, 5) is 4.60. The lowest BCUT2D eigenvalue weighted by molar-refractivity contribution is -0.438. The van der Waals surface area contributed by atoms with Gasteiger partial charge in [0, 0.05) is 41.7 Å². The molecule has 2 N–H and O–H groups in total. The lowest BCUT2D eigenvalue weighted by atomic mass is 9.80. The van der Waals surface area contributed by atoms with E-state index in [-0.39, 0.29) is 22.5 Å². The molecular weight excluding hydrogens is 562 g/mol. The zero-order chi connectivity index (χ0) is 30.2. The van der Waals surface area contributed by atoms with Gasteiger partial charge in [-0.15, -0.1) is 0 Å². The summed E-state index contributed by atoms with van der Waals surface area (Å²) in [5, 5.41) is 9.27. The Kier molecular flexibility index (Phi) is 8.26. The van der Waals surface area contributed by atoms with Crippen LogP contribution in [0.5, 0.6) is 0 Å². The molecule has 0 bridgehead atoms. The number of allylic oxidation sites excluding steroid dienone is 4. The van der Waals surface area contributed by atoms with Gasteiger partial charge in [-0.1, -0.05) is 32.1 Å². The zero-order valence-corrected chi connectivity index (χ0v) is 25.1. The maximum absolute atomic E-state index is 11.8. The Morgan fingerprint density at radius 1 is 0.951 bits per heavy atom. The van der Waals surface area contributed by atoms with E-state index in [2.05, 4.69) is 19.9 Å². The normalized spacial score (nSPS) is 17.6. The minimum atomic E-state index is -4.39. The highest BCUT2D eigenvalue weighted by atomic mass is 32.2. The predicted molar refractivity (Wildman–Crippen MR) is 159 cm³/mol. The van der Waals surface area contributed by atoms with Crippen molar-refractivity contribution in [2.45, 2.75) is 62.7 Å². The van der Waals surface area contributed by atoms with E-state index in [0.717, 1.165) is 33.9 Å². The van der Waals surface area contributed by atoms with E-state index in [9.17, 15) is 26.7 Å². The molecule has 0 unspecified atom stereocenters. The average Bonchev–Trinajstić information content (AvgIpc) is 3.26. The van der Waals surface area contributed by atoms with Gasteiger partial charge in [0.05, 0.1) is 33.4 Å². The van der Waals surface area contributed by atoms with Crippen LogP contribution in [-0.2, 0) is 31.1 Å². The number of hydrogen-bond acceptors (Lipinski definition) is 6. The van der Waals surface area contributed by atoms with Crippen LogP contribution in [0.15, 0.2) is 70.6 Å². The minimum Gasteiger partial charge on any atom is -0.286 e. The molecule has 0 aliphatic carbocycles. The van der Waals surface area contributed by atoms with Crippen LogP contribution in [0.25, 0.3) is 0 Å². The topological polar surface area (TPSA) is 148 Å². The van der Waals surface area contributed by atoms with Crippen LogP contribution < -0.4 is 0 Å². The second-order valence-corrected chi connectivity index (χ2v) is 14.3. The number of fused-ring (bicyclic) bond motifs is 2. The Labute approximate surface area is 241 Å². The Morgan fingerprint density at radius 3 is 2.34 bits per heavy atom. The van der Waals surface area contributed by atoms with E-state index in [0.29, 0.717) is 24.9 Å². The highest BCUT2D eigenvalue weighted by molar-refractivity contribution is 7.86. The van der Waals surface area contributed by atoms with Gasteiger partial charge >= 0.3 is 0 Å². The molecular formula is C30H34N3O6S2+. The molecule has 2 aromatic carbocycles. The van der Waals surface area contributed by atoms with Gasteiger partial charge < -0.3 is 0 Å². The SMILES string of the molecule is CC1(C)C(CC=CC=CC2=[N+](CCCCS(=O)(=O)O)c3ccc(S(=O)(=O)O)cc3C2(C)C)=Nc2ccc(C#N)cc21. The first-order chi connectivity index (χ1) is 19.1. The summed E-state index contributed by atoms with van der Waals surface area (Å²) < 4.78 is 66.7. The van der Waals surface area contributed by atoms with Crippen molar-refractivity contribution in [3.63, 3.8) is 0 Å². The first-order valence-electron chi connectivity index (χ1n) is 13.2. The molecule has 2 aliphatic rings. The Balaban J connectivity index is 1.58. The van der Waals surface area contributed by atoms with Gasteiger partial charge in [0.1, 0.15) is 6.54 Å². The molecule has 0 fully saturated rings. The molecule has 11 heteroatoms. The second kappa shape index (κ2) is 11.1. The summed E-state index contributed by atoms with van der Waals surface area (Å²) in [6.07, 6.45) is 9.14. The molecule has 0 saturated heterocycles. The van der Waals surface area contributed by atoms with Gasteiger partial charge in [-0.3, -0.25) is 14.1 Å². The molecule has 9 nitrogen and oxygen atoms in total. The summed E-state index contributed by atoms with van der Waals surface area (Å²) in [5.74, 6) is -0.339. The monoisotopic (exact) mass is 596 g/mol. The van der Waals surface area contributed by atoms with Crippen molar-refractivity contribution in [3.05, 3.63) is 77.4 Å². The van der Waals surface area contributed by atoms with Crippen molar-refractivity contribution in [3.8, 4) is 6.07 Å². The number of benzene rings is 2. The average molecular weight is 597 g/mol. The fourth-order valence-electron chi connectivity index (χ4n) is 5.46. The van der Waals surface area contributed by atoms with E-state index in [1.165, 1.54) is 12.1 Å². The van der Waals surface area contributed by atoms with Gasteiger partial charge in [0.15, 0.2) is 5.71 Å². The van der Waals surface area contributed by atoms with E-state index in [1.54, 1.807) is 12.1 Å². The van der Waals surface area contributed by atoms with Crippen LogP contribution in [0.3, 0.4) is 0 Å². The number of rotatable bonds is 10. The molecule has 2 aliphatic heterocycles. The van der Waals surface area contributed by atoms with Crippen molar-refractivity contribution in [2.75, 3.05) is 12.3 Å². The van der Waals surface area contributed by atoms with Crippen LogP contribution in [-0.4, -0.2) is 54.2 Å². The van der Waals surface area contributed by atoms with E-state index in [1.807, 2.05) is 54.9 Å². The van der Waals surface area contributed by atoms with Crippen molar-refractivity contribution in [1.29, 1.82) is 5.26 Å². The fraction of sp³-hybridized carbons (Fsp3) is 0.367. The number of hydrogen-bond donors (Lipinski definition) is 2. The highest BCUT2D eigenvalue weighted by Gasteiger charge is 2.44. The van der Waals surface area contributed by atoms with Crippen molar-refractivity contribution < 1.29 is 30.5 Å². The van der Waals surface area contributed by atoms with E-state index >= 15 is 0 Å². The first kappa shape index (κ1) is 30.5. The summed E-state index contributed by atoms with van der Waals surface area (Å²) in [5.41, 5.74) is 4.98. The lowest BCUT2D eigenvalue weighted by Gasteiger charge is -2.21. The third-order valence-electron chi connectivity index (χ3n) is 7.78. The smallest absolute Gasteiger partial charge is 0.286 e. The third kappa shape index (κ3) is 6.41. The number of nitrogens with zero attached hydrogens (tertiary/aromatic N) is 3. The third-order valence-corrected chi connectivity index (χ3v) is 9.44. The second-order valence-electron chi connectivity index (χ2n) is 11.3. The van der Waals surface area contributed by atoms with Crippen LogP contribution >= 0.6 is 0 Å². The number of nitriles is 1. The molecule has 0 saturated carbocycles. The van der Waals surface area contributed by atoms with Crippen molar-refractivity contribution in [2.24, 2.45) is 4.99 Å². The molecule has 216 valence electrons. The van der Waals surface area contributed by atoms with Crippen molar-refractivity contribution in [1.82, 2.24) is 0 Å². The van der Waals surface area contributed by atoms with Crippen LogP contribution in [0, 0.1) is 11.3 Å². The maximum atomic E-state index is 11.8. The first-order valence-corrected chi connectivity index (χ1v) is 16.3. The lowest BCUT2D eigenvalue weighted by Crippen LogP contribution is -2.28. The molecule has 0 amide bonds. The van der Waals surface area contributed by atoms with Crippen LogP contribution in [0.4, 0.5) is 11.4 Å². The summed E-state index contributed by atoms with van der Waals surface area (Å²) in [6, 6.07) is 12.2. The Hall–Kier alpha value is -3.43. The number of unbranched alkanes of at least 4 members (excludes halogenated alkanes) is 1. The fourth-order valence-corrected chi connectivity index (χ4v) is 6.54. The zero-order valence-electron chi connectivity index (χ0n) is 23.5. The quantitative estimate of drug-likeness (QED) is 0.161. The molecule has 0 atom stereocenters. The number of aliphatic imine (C=N–C) groups is 1. The molecule has 0 radical (unpaired) electrons. The molecule has 0 aromatic heterocycles. The molecule has 0 spiro atoms. The van der Waals surface area contributed by atoms with Gasteiger partial charge in [0.2, 0.25) is 5.69 Å². The molecule has 4 rings (SSSR count). The van der Waals surface area contributed by atoms with Gasteiger partial charge in [0.25, 0.3) is 20.2 Å². The summed E-state index contributed by atoms with van der Waals surface area (Å²) in [6.45, 7) is 8.57. The summed E-state index contributed by atoms with van der Waals surface area (Å²) in [7, 11) is -8.45. The van der Waals surface area contributed by atoms with E-state index in [4.69, 9.17) is 9.55 Å². The standard InChI is InChI=1S/C30H33N3O6S2/c1-29(2)23-18-21(20-31)12-14-25(23)32-27(29)10-6-5-7-11-28-30(3,4)24-19-22(41(37,38)39)13-15-26(24)33(28)16-8-9-17-40(34,35)36/h5-7,11-15,18-19H,8-10,16-17H2,1-4H3,(H-,34,35,36,37,38,39)/p+1. The van der Waals surface area contributed by atoms with E-state index < -0.39 is 25.7 Å².